The number of ether oxygens (including phenoxy) is 2. The summed E-state index contributed by atoms with van der Waals surface area (Å²) in [6.07, 6.45) is 1.67. The summed E-state index contributed by atoms with van der Waals surface area (Å²) < 4.78 is 11.9. The Balaban J connectivity index is 2.23. The second-order valence-corrected chi connectivity index (χ2v) is 4.31. The fourth-order valence-electron chi connectivity index (χ4n) is 1.22. The van der Waals surface area contributed by atoms with Crippen LogP contribution in [0, 0.1) is 3.57 Å². The summed E-state index contributed by atoms with van der Waals surface area (Å²) in [5, 5.41) is 0. The van der Waals surface area contributed by atoms with Crippen molar-refractivity contribution in [3.63, 3.8) is 0 Å². The predicted molar refractivity (Wildman–Crippen MR) is 70.0 cm³/mol. The van der Waals surface area contributed by atoms with Crippen LogP contribution in [-0.2, 0) is 0 Å². The average molecular weight is 327 g/mol. The Morgan fingerprint density at radius 3 is 2.56 bits per heavy atom. The number of rotatable bonds is 3. The van der Waals surface area contributed by atoms with E-state index in [0.717, 1.165) is 9.32 Å². The molecule has 0 aliphatic rings. The molecule has 0 fully saturated rings. The van der Waals surface area contributed by atoms with E-state index >= 15 is 0 Å². The standard InChI is InChI=1S/C12H10INO2/c1-15-11-3-2-8-14-12(11)16-10-6-4-9(13)5-7-10/h2-8H,1H3. The van der Waals surface area contributed by atoms with E-state index in [1.165, 1.54) is 0 Å². The third-order valence-electron chi connectivity index (χ3n) is 1.98. The second-order valence-electron chi connectivity index (χ2n) is 3.07. The summed E-state index contributed by atoms with van der Waals surface area (Å²) in [5.74, 6) is 1.85. The first kappa shape index (κ1) is 11.2. The number of methoxy groups -OCH3 is 1. The monoisotopic (exact) mass is 327 g/mol. The molecule has 2 rings (SSSR count). The largest absolute Gasteiger partial charge is 0.491 e. The lowest BCUT2D eigenvalue weighted by molar-refractivity contribution is 0.369. The van der Waals surface area contributed by atoms with E-state index in [4.69, 9.17) is 9.47 Å². The number of aromatic nitrogens is 1. The van der Waals surface area contributed by atoms with Crippen LogP contribution < -0.4 is 9.47 Å². The first-order valence-corrected chi connectivity index (χ1v) is 5.80. The first-order chi connectivity index (χ1) is 7.79. The van der Waals surface area contributed by atoms with Crippen LogP contribution >= 0.6 is 22.6 Å². The average Bonchev–Trinajstić information content (AvgIpc) is 2.33. The Morgan fingerprint density at radius 2 is 1.88 bits per heavy atom. The SMILES string of the molecule is COc1cccnc1Oc1ccc(I)cc1. The van der Waals surface area contributed by atoms with Crippen molar-refractivity contribution >= 4 is 22.6 Å². The van der Waals surface area contributed by atoms with E-state index in [9.17, 15) is 0 Å². The number of nitrogens with zero attached hydrogens (tertiary/aromatic N) is 1. The maximum absolute atomic E-state index is 5.62. The molecular weight excluding hydrogens is 317 g/mol. The van der Waals surface area contributed by atoms with Gasteiger partial charge in [0.05, 0.1) is 7.11 Å². The Kier molecular flexibility index (Phi) is 3.61. The van der Waals surface area contributed by atoms with Crippen LogP contribution in [0.4, 0.5) is 0 Å². The molecule has 0 saturated carbocycles. The molecule has 1 heterocycles. The van der Waals surface area contributed by atoms with Crippen LogP contribution in [0.15, 0.2) is 42.6 Å². The van der Waals surface area contributed by atoms with Gasteiger partial charge in [0.15, 0.2) is 5.75 Å². The van der Waals surface area contributed by atoms with Crippen molar-refractivity contribution in [1.82, 2.24) is 4.98 Å². The lowest BCUT2D eigenvalue weighted by Gasteiger charge is -2.08. The van der Waals surface area contributed by atoms with Gasteiger partial charge in [0.1, 0.15) is 5.75 Å². The smallest absolute Gasteiger partial charge is 0.262 e. The van der Waals surface area contributed by atoms with Crippen molar-refractivity contribution in [3.8, 4) is 17.4 Å². The van der Waals surface area contributed by atoms with E-state index in [2.05, 4.69) is 27.6 Å². The van der Waals surface area contributed by atoms with Gasteiger partial charge in [0.25, 0.3) is 5.88 Å². The van der Waals surface area contributed by atoms with Gasteiger partial charge in [0.2, 0.25) is 0 Å². The van der Waals surface area contributed by atoms with Crippen molar-refractivity contribution in [3.05, 3.63) is 46.2 Å². The highest BCUT2D eigenvalue weighted by Crippen LogP contribution is 2.28. The Morgan fingerprint density at radius 1 is 1.12 bits per heavy atom. The van der Waals surface area contributed by atoms with Gasteiger partial charge in [-0.25, -0.2) is 4.98 Å². The molecule has 0 unspecified atom stereocenters. The molecule has 0 aliphatic carbocycles. The van der Waals surface area contributed by atoms with Crippen molar-refractivity contribution in [2.45, 2.75) is 0 Å². The molecule has 0 radical (unpaired) electrons. The lowest BCUT2D eigenvalue weighted by atomic mass is 10.3. The molecule has 16 heavy (non-hydrogen) atoms. The molecule has 0 aliphatic heterocycles. The summed E-state index contributed by atoms with van der Waals surface area (Å²) in [7, 11) is 1.60. The van der Waals surface area contributed by atoms with Gasteiger partial charge in [-0.3, -0.25) is 0 Å². The molecule has 1 aromatic carbocycles. The minimum absolute atomic E-state index is 0.478. The molecule has 0 N–H and O–H groups in total. The maximum atomic E-state index is 5.62. The molecule has 0 atom stereocenters. The third-order valence-corrected chi connectivity index (χ3v) is 2.70. The zero-order chi connectivity index (χ0) is 11.4. The summed E-state index contributed by atoms with van der Waals surface area (Å²) >= 11 is 2.25. The molecular formula is C12H10INO2. The molecule has 0 saturated heterocycles. The Hall–Kier alpha value is -1.30. The van der Waals surface area contributed by atoms with Crippen LogP contribution in [-0.4, -0.2) is 12.1 Å². The third kappa shape index (κ3) is 2.63. The quantitative estimate of drug-likeness (QED) is 0.809. The van der Waals surface area contributed by atoms with Gasteiger partial charge in [-0.05, 0) is 59.0 Å². The normalized spacial score (nSPS) is 9.88. The van der Waals surface area contributed by atoms with Gasteiger partial charge in [0, 0.05) is 9.77 Å². The number of hydrogen-bond acceptors (Lipinski definition) is 3. The maximum Gasteiger partial charge on any atom is 0.262 e. The van der Waals surface area contributed by atoms with Gasteiger partial charge in [-0.15, -0.1) is 0 Å². The highest BCUT2D eigenvalue weighted by Gasteiger charge is 2.05. The second kappa shape index (κ2) is 5.16. The summed E-state index contributed by atoms with van der Waals surface area (Å²) in [5.41, 5.74) is 0. The molecule has 82 valence electrons. The number of pyridine rings is 1. The van der Waals surface area contributed by atoms with Gasteiger partial charge < -0.3 is 9.47 Å². The van der Waals surface area contributed by atoms with Crippen molar-refractivity contribution in [1.29, 1.82) is 0 Å². The summed E-state index contributed by atoms with van der Waals surface area (Å²) in [6.45, 7) is 0. The fourth-order valence-corrected chi connectivity index (χ4v) is 1.58. The fraction of sp³-hybridized carbons (Fsp3) is 0.0833. The number of hydrogen-bond donors (Lipinski definition) is 0. The lowest BCUT2D eigenvalue weighted by Crippen LogP contribution is -1.92. The predicted octanol–water partition coefficient (Wildman–Crippen LogP) is 3.49. The van der Waals surface area contributed by atoms with E-state index in [1.807, 2.05) is 30.3 Å². The Labute approximate surface area is 108 Å². The first-order valence-electron chi connectivity index (χ1n) is 4.72. The van der Waals surface area contributed by atoms with Crippen LogP contribution in [0.1, 0.15) is 0 Å². The highest BCUT2D eigenvalue weighted by molar-refractivity contribution is 14.1. The van der Waals surface area contributed by atoms with Crippen LogP contribution in [0.3, 0.4) is 0 Å². The summed E-state index contributed by atoms with van der Waals surface area (Å²) in [4.78, 5) is 4.12. The zero-order valence-electron chi connectivity index (χ0n) is 8.68. The van der Waals surface area contributed by atoms with Crippen molar-refractivity contribution in [2.24, 2.45) is 0 Å². The topological polar surface area (TPSA) is 31.4 Å². The van der Waals surface area contributed by atoms with Crippen LogP contribution in [0.2, 0.25) is 0 Å². The number of halogens is 1. The van der Waals surface area contributed by atoms with Crippen molar-refractivity contribution < 1.29 is 9.47 Å². The number of benzene rings is 1. The van der Waals surface area contributed by atoms with Gasteiger partial charge in [-0.1, -0.05) is 0 Å². The molecule has 1 aromatic heterocycles. The molecule has 0 amide bonds. The minimum Gasteiger partial charge on any atom is -0.491 e. The van der Waals surface area contributed by atoms with Crippen LogP contribution in [0.25, 0.3) is 0 Å². The molecule has 0 bridgehead atoms. The molecule has 4 heteroatoms. The Bertz CT molecular complexity index is 471. The van der Waals surface area contributed by atoms with E-state index < -0.39 is 0 Å². The van der Waals surface area contributed by atoms with Crippen molar-refractivity contribution in [2.75, 3.05) is 7.11 Å². The van der Waals surface area contributed by atoms with Crippen LogP contribution in [0.5, 0.6) is 17.4 Å². The molecule has 3 nitrogen and oxygen atoms in total. The van der Waals surface area contributed by atoms with E-state index in [-0.39, 0.29) is 0 Å². The van der Waals surface area contributed by atoms with E-state index in [1.54, 1.807) is 19.4 Å². The molecule has 0 spiro atoms. The zero-order valence-corrected chi connectivity index (χ0v) is 10.8. The molecule has 2 aromatic rings. The van der Waals surface area contributed by atoms with Gasteiger partial charge >= 0.3 is 0 Å². The summed E-state index contributed by atoms with van der Waals surface area (Å²) in [6, 6.07) is 11.4. The van der Waals surface area contributed by atoms with E-state index in [0.29, 0.717) is 11.6 Å². The minimum atomic E-state index is 0.478. The highest BCUT2D eigenvalue weighted by atomic mass is 127. The van der Waals surface area contributed by atoms with Gasteiger partial charge in [-0.2, -0.15) is 0 Å².